The van der Waals surface area contributed by atoms with Crippen LogP contribution >= 0.6 is 0 Å². The van der Waals surface area contributed by atoms with Crippen molar-refractivity contribution in [2.75, 3.05) is 0 Å². The van der Waals surface area contributed by atoms with Gasteiger partial charge in [0.25, 0.3) is 0 Å². The first-order chi connectivity index (χ1) is 7.34. The van der Waals surface area contributed by atoms with Gasteiger partial charge in [-0.3, -0.25) is 4.79 Å². The quantitative estimate of drug-likeness (QED) is 0.802. The van der Waals surface area contributed by atoms with Crippen LogP contribution < -0.4 is 5.73 Å². The van der Waals surface area contributed by atoms with E-state index < -0.39 is 6.10 Å². The van der Waals surface area contributed by atoms with E-state index in [2.05, 4.69) is 20.8 Å². The van der Waals surface area contributed by atoms with E-state index in [9.17, 15) is 4.79 Å². The second-order valence-electron chi connectivity index (χ2n) is 5.97. The SMILES string of the molecule is CCC(OC1CC(C)CC(C)(C)C1)C(N)=O. The summed E-state index contributed by atoms with van der Waals surface area (Å²) in [5.41, 5.74) is 5.62. The number of carbonyl (C=O) groups excluding carboxylic acids is 1. The lowest BCUT2D eigenvalue weighted by Gasteiger charge is -2.39. The first kappa shape index (κ1) is 13.5. The van der Waals surface area contributed by atoms with Crippen molar-refractivity contribution < 1.29 is 9.53 Å². The van der Waals surface area contributed by atoms with E-state index in [-0.39, 0.29) is 12.0 Å². The number of rotatable bonds is 4. The van der Waals surface area contributed by atoms with E-state index >= 15 is 0 Å². The molecule has 94 valence electrons. The molecule has 1 saturated carbocycles. The summed E-state index contributed by atoms with van der Waals surface area (Å²) in [5.74, 6) is 0.331. The van der Waals surface area contributed by atoms with E-state index in [1.54, 1.807) is 0 Å². The lowest BCUT2D eigenvalue weighted by Crippen LogP contribution is -2.39. The Kier molecular flexibility index (Phi) is 4.36. The summed E-state index contributed by atoms with van der Waals surface area (Å²) in [4.78, 5) is 11.1. The van der Waals surface area contributed by atoms with Gasteiger partial charge in [0.1, 0.15) is 6.10 Å². The largest absolute Gasteiger partial charge is 0.367 e. The van der Waals surface area contributed by atoms with Crippen molar-refractivity contribution in [1.82, 2.24) is 0 Å². The molecular weight excluding hydrogens is 202 g/mol. The third kappa shape index (κ3) is 3.78. The van der Waals surface area contributed by atoms with Crippen molar-refractivity contribution in [2.24, 2.45) is 17.1 Å². The van der Waals surface area contributed by atoms with Crippen molar-refractivity contribution in [1.29, 1.82) is 0 Å². The molecule has 0 bridgehead atoms. The summed E-state index contributed by atoms with van der Waals surface area (Å²) >= 11 is 0. The fourth-order valence-electron chi connectivity index (χ4n) is 2.96. The summed E-state index contributed by atoms with van der Waals surface area (Å²) in [6.07, 6.45) is 3.76. The molecule has 1 amide bonds. The van der Waals surface area contributed by atoms with Gasteiger partial charge in [-0.2, -0.15) is 0 Å². The van der Waals surface area contributed by atoms with Crippen LogP contribution in [0.4, 0.5) is 0 Å². The van der Waals surface area contributed by atoms with Crippen LogP contribution in [-0.4, -0.2) is 18.1 Å². The second-order valence-corrected chi connectivity index (χ2v) is 5.97. The van der Waals surface area contributed by atoms with Crippen LogP contribution in [0.2, 0.25) is 0 Å². The molecule has 1 fully saturated rings. The molecule has 0 radical (unpaired) electrons. The minimum absolute atomic E-state index is 0.191. The zero-order chi connectivity index (χ0) is 12.3. The Morgan fingerprint density at radius 1 is 1.50 bits per heavy atom. The third-order valence-corrected chi connectivity index (χ3v) is 3.39. The Hall–Kier alpha value is -0.570. The van der Waals surface area contributed by atoms with Crippen LogP contribution in [0.3, 0.4) is 0 Å². The number of ether oxygens (including phenoxy) is 1. The number of hydrogen-bond acceptors (Lipinski definition) is 2. The van der Waals surface area contributed by atoms with Gasteiger partial charge in [0.15, 0.2) is 0 Å². The van der Waals surface area contributed by atoms with Crippen molar-refractivity contribution in [3.8, 4) is 0 Å². The predicted molar refractivity (Wildman–Crippen MR) is 64.9 cm³/mol. The van der Waals surface area contributed by atoms with E-state index in [1.165, 1.54) is 6.42 Å². The van der Waals surface area contributed by atoms with Crippen molar-refractivity contribution in [2.45, 2.75) is 65.6 Å². The lowest BCUT2D eigenvalue weighted by atomic mass is 9.71. The second kappa shape index (κ2) is 5.17. The topological polar surface area (TPSA) is 52.3 Å². The Morgan fingerprint density at radius 3 is 2.56 bits per heavy atom. The maximum atomic E-state index is 11.1. The van der Waals surface area contributed by atoms with Gasteiger partial charge in [0, 0.05) is 0 Å². The maximum absolute atomic E-state index is 11.1. The molecule has 1 aliphatic carbocycles. The highest BCUT2D eigenvalue weighted by Gasteiger charge is 2.34. The van der Waals surface area contributed by atoms with E-state index in [4.69, 9.17) is 10.5 Å². The third-order valence-electron chi connectivity index (χ3n) is 3.39. The van der Waals surface area contributed by atoms with Gasteiger partial charge in [-0.1, -0.05) is 27.7 Å². The minimum atomic E-state index is -0.411. The van der Waals surface area contributed by atoms with Crippen molar-refractivity contribution in [3.05, 3.63) is 0 Å². The highest BCUT2D eigenvalue weighted by atomic mass is 16.5. The molecule has 3 nitrogen and oxygen atoms in total. The Morgan fingerprint density at radius 2 is 2.12 bits per heavy atom. The zero-order valence-corrected chi connectivity index (χ0v) is 11.0. The van der Waals surface area contributed by atoms with Crippen LogP contribution in [0, 0.1) is 11.3 Å². The van der Waals surface area contributed by atoms with Crippen molar-refractivity contribution >= 4 is 5.91 Å². The summed E-state index contributed by atoms with van der Waals surface area (Å²) in [6, 6.07) is 0. The van der Waals surface area contributed by atoms with Gasteiger partial charge in [0.05, 0.1) is 6.10 Å². The van der Waals surface area contributed by atoms with Gasteiger partial charge in [-0.05, 0) is 37.0 Å². The molecule has 0 saturated heterocycles. The van der Waals surface area contributed by atoms with Gasteiger partial charge in [0.2, 0.25) is 5.91 Å². The van der Waals surface area contributed by atoms with Crippen LogP contribution in [0.5, 0.6) is 0 Å². The summed E-state index contributed by atoms with van der Waals surface area (Å²) in [5, 5.41) is 0. The van der Waals surface area contributed by atoms with Gasteiger partial charge >= 0.3 is 0 Å². The number of amides is 1. The predicted octanol–water partition coefficient (Wildman–Crippen LogP) is 2.48. The van der Waals surface area contributed by atoms with Crippen molar-refractivity contribution in [3.63, 3.8) is 0 Å². The van der Waals surface area contributed by atoms with Gasteiger partial charge in [-0.25, -0.2) is 0 Å². The average molecular weight is 227 g/mol. The van der Waals surface area contributed by atoms with Crippen LogP contribution in [0.1, 0.15) is 53.4 Å². The lowest BCUT2D eigenvalue weighted by molar-refractivity contribution is -0.138. The van der Waals surface area contributed by atoms with Crippen LogP contribution in [0.15, 0.2) is 0 Å². The number of primary amides is 1. The molecule has 0 aliphatic heterocycles. The summed E-state index contributed by atoms with van der Waals surface area (Å²) in [7, 11) is 0. The van der Waals surface area contributed by atoms with Gasteiger partial charge in [-0.15, -0.1) is 0 Å². The van der Waals surface area contributed by atoms with E-state index in [1.807, 2.05) is 6.92 Å². The molecule has 3 atom stereocenters. The average Bonchev–Trinajstić information content (AvgIpc) is 2.10. The fourth-order valence-corrected chi connectivity index (χ4v) is 2.96. The number of hydrogen-bond donors (Lipinski definition) is 1. The molecule has 1 rings (SSSR count). The highest BCUT2D eigenvalue weighted by Crippen LogP contribution is 2.40. The Labute approximate surface area is 98.7 Å². The molecule has 1 aliphatic rings. The number of nitrogens with two attached hydrogens (primary N) is 1. The van der Waals surface area contributed by atoms with Crippen LogP contribution in [0.25, 0.3) is 0 Å². The Bertz CT molecular complexity index is 250. The molecule has 16 heavy (non-hydrogen) atoms. The molecular formula is C13H25NO2. The summed E-state index contributed by atoms with van der Waals surface area (Å²) < 4.78 is 5.83. The van der Waals surface area contributed by atoms with E-state index in [0.717, 1.165) is 12.8 Å². The van der Waals surface area contributed by atoms with Crippen LogP contribution in [-0.2, 0) is 9.53 Å². The molecule has 0 heterocycles. The first-order valence-electron chi connectivity index (χ1n) is 6.29. The molecule has 3 unspecified atom stereocenters. The smallest absolute Gasteiger partial charge is 0.246 e. The monoisotopic (exact) mass is 227 g/mol. The summed E-state index contributed by atoms with van der Waals surface area (Å²) in [6.45, 7) is 8.73. The zero-order valence-electron chi connectivity index (χ0n) is 11.0. The molecule has 0 spiro atoms. The fraction of sp³-hybridized carbons (Fsp3) is 0.923. The Balaban J connectivity index is 2.56. The molecule has 2 N–H and O–H groups in total. The molecule has 3 heteroatoms. The maximum Gasteiger partial charge on any atom is 0.246 e. The molecule has 0 aromatic heterocycles. The number of carbonyl (C=O) groups is 1. The van der Waals surface area contributed by atoms with Gasteiger partial charge < -0.3 is 10.5 Å². The highest BCUT2D eigenvalue weighted by molar-refractivity contribution is 5.78. The standard InChI is InChI=1S/C13H25NO2/c1-5-11(12(14)15)16-10-6-9(2)7-13(3,4)8-10/h9-11H,5-8H2,1-4H3,(H2,14,15). The normalized spacial score (nSPS) is 31.0. The minimum Gasteiger partial charge on any atom is -0.367 e. The van der Waals surface area contributed by atoms with E-state index in [0.29, 0.717) is 17.8 Å². The molecule has 0 aromatic rings. The first-order valence-corrected chi connectivity index (χ1v) is 6.29. The molecule has 0 aromatic carbocycles.